The molecule has 1 aliphatic carbocycles. The fraction of sp³-hybridized carbons (Fsp3) is 0.207. The van der Waals surface area contributed by atoms with E-state index >= 15 is 0 Å². The molecule has 3 aromatic carbocycles. The first-order valence-corrected chi connectivity index (χ1v) is 12.5. The van der Waals surface area contributed by atoms with Crippen LogP contribution in [0.15, 0.2) is 83.7 Å². The summed E-state index contributed by atoms with van der Waals surface area (Å²) in [5, 5.41) is 14.7. The summed E-state index contributed by atoms with van der Waals surface area (Å²) in [6.07, 6.45) is 1.85. The number of hydrogen-bond acceptors (Lipinski definition) is 5. The van der Waals surface area contributed by atoms with Crippen LogP contribution >= 0.6 is 0 Å². The first-order valence-electron chi connectivity index (χ1n) is 12.5. The molecule has 3 N–H and O–H groups in total. The van der Waals surface area contributed by atoms with Crippen LogP contribution in [0.2, 0.25) is 0 Å². The van der Waals surface area contributed by atoms with Gasteiger partial charge in [-0.05, 0) is 53.9 Å². The smallest absolute Gasteiger partial charge is 0.267 e. The number of carbonyl (C=O) groups excluding carboxylic acids is 3. The average molecular weight is 510 g/mol. The van der Waals surface area contributed by atoms with Gasteiger partial charge in [-0.15, -0.1) is 0 Å². The van der Waals surface area contributed by atoms with Crippen LogP contribution in [-0.2, 0) is 16.1 Å². The Hall–Kier alpha value is -4.79. The van der Waals surface area contributed by atoms with Gasteiger partial charge >= 0.3 is 0 Å². The summed E-state index contributed by atoms with van der Waals surface area (Å²) in [7, 11) is 0. The van der Waals surface area contributed by atoms with E-state index in [1.807, 2.05) is 42.5 Å². The van der Waals surface area contributed by atoms with Crippen molar-refractivity contribution < 1.29 is 14.4 Å². The van der Waals surface area contributed by atoms with Crippen LogP contribution in [0.5, 0.6) is 0 Å². The molecule has 0 unspecified atom stereocenters. The Bertz CT molecular complexity index is 1550. The van der Waals surface area contributed by atoms with Crippen molar-refractivity contribution in [1.29, 1.82) is 0 Å². The maximum Gasteiger partial charge on any atom is 0.267 e. The van der Waals surface area contributed by atoms with Crippen molar-refractivity contribution in [3.63, 3.8) is 0 Å². The highest BCUT2D eigenvalue weighted by Crippen LogP contribution is 2.30. The van der Waals surface area contributed by atoms with E-state index in [0.29, 0.717) is 16.9 Å². The number of anilines is 1. The average Bonchev–Trinajstić information content (AvgIpc) is 3.78. The predicted octanol–water partition coefficient (Wildman–Crippen LogP) is 2.96. The maximum absolute atomic E-state index is 12.5. The van der Waals surface area contributed by atoms with Crippen molar-refractivity contribution >= 4 is 34.2 Å². The lowest BCUT2D eigenvalue weighted by Gasteiger charge is -2.10. The van der Waals surface area contributed by atoms with E-state index in [2.05, 4.69) is 21.0 Å². The Morgan fingerprint density at radius 2 is 1.58 bits per heavy atom. The van der Waals surface area contributed by atoms with Gasteiger partial charge in [0.15, 0.2) is 0 Å². The van der Waals surface area contributed by atoms with Gasteiger partial charge in [0.25, 0.3) is 11.5 Å². The number of amides is 3. The van der Waals surface area contributed by atoms with E-state index in [4.69, 9.17) is 0 Å². The Kier molecular flexibility index (Phi) is 7.26. The Morgan fingerprint density at radius 3 is 2.37 bits per heavy atom. The number of aromatic nitrogens is 2. The molecule has 1 aliphatic rings. The molecule has 9 nitrogen and oxygen atoms in total. The number of nitrogens with zero attached hydrogens (tertiary/aromatic N) is 2. The number of benzene rings is 3. The van der Waals surface area contributed by atoms with Crippen LogP contribution in [0.1, 0.15) is 23.2 Å². The van der Waals surface area contributed by atoms with Gasteiger partial charge < -0.3 is 16.0 Å². The van der Waals surface area contributed by atoms with Crippen LogP contribution in [0.3, 0.4) is 0 Å². The second-order valence-electron chi connectivity index (χ2n) is 9.19. The van der Waals surface area contributed by atoms with Gasteiger partial charge in [0.2, 0.25) is 11.8 Å². The van der Waals surface area contributed by atoms with Crippen molar-refractivity contribution in [3.8, 4) is 11.3 Å². The molecule has 38 heavy (non-hydrogen) atoms. The van der Waals surface area contributed by atoms with E-state index in [1.165, 1.54) is 6.07 Å². The SMILES string of the molecule is O=C(Cn1nc(-c2cccc3ccccc23)ccc1=O)NCCNC(=O)c1ccc(NC(=O)C2CC2)cc1. The summed E-state index contributed by atoms with van der Waals surface area (Å²) in [4.78, 5) is 49.0. The molecule has 5 rings (SSSR count). The summed E-state index contributed by atoms with van der Waals surface area (Å²) >= 11 is 0. The number of rotatable bonds is 9. The van der Waals surface area contributed by atoms with Gasteiger partial charge in [0.05, 0.1) is 5.69 Å². The lowest BCUT2D eigenvalue weighted by atomic mass is 10.0. The molecule has 0 aliphatic heterocycles. The fourth-order valence-electron chi connectivity index (χ4n) is 4.12. The lowest BCUT2D eigenvalue weighted by Crippen LogP contribution is -2.38. The van der Waals surface area contributed by atoms with Crippen LogP contribution in [0.4, 0.5) is 5.69 Å². The molecule has 1 aromatic heterocycles. The zero-order chi connectivity index (χ0) is 26.5. The predicted molar refractivity (Wildman–Crippen MR) is 145 cm³/mol. The first kappa shape index (κ1) is 24.9. The van der Waals surface area contributed by atoms with Crippen LogP contribution in [-0.4, -0.2) is 40.6 Å². The third kappa shape index (κ3) is 5.95. The molecule has 0 atom stereocenters. The summed E-state index contributed by atoms with van der Waals surface area (Å²) in [5.41, 5.74) is 2.19. The minimum absolute atomic E-state index is 0.00990. The van der Waals surface area contributed by atoms with Gasteiger partial charge in [0, 0.05) is 41.9 Å². The third-order valence-electron chi connectivity index (χ3n) is 6.32. The topological polar surface area (TPSA) is 122 Å². The number of carbonyl (C=O) groups is 3. The van der Waals surface area contributed by atoms with Crippen LogP contribution in [0.25, 0.3) is 22.0 Å². The first-order chi connectivity index (χ1) is 18.5. The summed E-state index contributed by atoms with van der Waals surface area (Å²) in [6, 6.07) is 23.5. The van der Waals surface area contributed by atoms with E-state index in [0.717, 1.165) is 33.9 Å². The molecular weight excluding hydrogens is 482 g/mol. The van der Waals surface area contributed by atoms with Crippen molar-refractivity contribution in [2.45, 2.75) is 19.4 Å². The monoisotopic (exact) mass is 509 g/mol. The number of hydrogen-bond donors (Lipinski definition) is 3. The molecule has 0 bridgehead atoms. The molecule has 192 valence electrons. The molecule has 1 saturated carbocycles. The minimum Gasteiger partial charge on any atom is -0.353 e. The highest BCUT2D eigenvalue weighted by Gasteiger charge is 2.29. The van der Waals surface area contributed by atoms with Crippen LogP contribution < -0.4 is 21.5 Å². The van der Waals surface area contributed by atoms with E-state index in [1.54, 1.807) is 30.3 Å². The Balaban J connectivity index is 1.12. The zero-order valence-corrected chi connectivity index (χ0v) is 20.6. The van der Waals surface area contributed by atoms with Crippen molar-refractivity contribution in [2.24, 2.45) is 5.92 Å². The molecular formula is C29H27N5O4. The van der Waals surface area contributed by atoms with Crippen LogP contribution in [0, 0.1) is 5.92 Å². The van der Waals surface area contributed by atoms with Gasteiger partial charge in [-0.3, -0.25) is 19.2 Å². The van der Waals surface area contributed by atoms with Gasteiger partial charge in [-0.1, -0.05) is 42.5 Å². The minimum atomic E-state index is -0.389. The Morgan fingerprint density at radius 1 is 0.842 bits per heavy atom. The molecule has 0 radical (unpaired) electrons. The highest BCUT2D eigenvalue weighted by molar-refractivity contribution is 5.97. The highest BCUT2D eigenvalue weighted by atomic mass is 16.2. The van der Waals surface area contributed by atoms with Gasteiger partial charge in [-0.25, -0.2) is 4.68 Å². The van der Waals surface area contributed by atoms with E-state index in [9.17, 15) is 19.2 Å². The molecule has 0 saturated heterocycles. The summed E-state index contributed by atoms with van der Waals surface area (Å²) < 4.78 is 1.13. The Labute approximate surface area is 218 Å². The normalized spacial score (nSPS) is 12.6. The lowest BCUT2D eigenvalue weighted by molar-refractivity contribution is -0.122. The second kappa shape index (κ2) is 11.1. The molecule has 0 spiro atoms. The fourth-order valence-corrected chi connectivity index (χ4v) is 4.12. The van der Waals surface area contributed by atoms with Gasteiger partial charge in [0.1, 0.15) is 6.54 Å². The zero-order valence-electron chi connectivity index (χ0n) is 20.6. The van der Waals surface area contributed by atoms with Gasteiger partial charge in [-0.2, -0.15) is 5.10 Å². The maximum atomic E-state index is 12.5. The van der Waals surface area contributed by atoms with E-state index in [-0.39, 0.29) is 48.8 Å². The molecule has 3 amide bonds. The molecule has 1 heterocycles. The third-order valence-corrected chi connectivity index (χ3v) is 6.32. The largest absolute Gasteiger partial charge is 0.353 e. The number of fused-ring (bicyclic) bond motifs is 1. The summed E-state index contributed by atoms with van der Waals surface area (Å²) in [6.45, 7) is 0.167. The molecule has 9 heteroatoms. The summed E-state index contributed by atoms with van der Waals surface area (Å²) in [5.74, 6) is -0.564. The van der Waals surface area contributed by atoms with E-state index < -0.39 is 0 Å². The number of nitrogens with one attached hydrogen (secondary N) is 3. The molecule has 4 aromatic rings. The van der Waals surface area contributed by atoms with Crippen molar-refractivity contribution in [3.05, 3.63) is 94.8 Å². The van der Waals surface area contributed by atoms with Crippen molar-refractivity contribution in [1.82, 2.24) is 20.4 Å². The van der Waals surface area contributed by atoms with Crippen molar-refractivity contribution in [2.75, 3.05) is 18.4 Å². The molecule has 1 fully saturated rings. The standard InChI is InChI=1S/C29H27N5O4/c35-26(30-16-17-31-28(37)20-10-12-22(13-11-20)32-29(38)21-8-9-21)18-34-27(36)15-14-25(33-34)24-7-3-5-19-4-1-2-6-23(19)24/h1-7,10-15,21H,8-9,16-18H2,(H,30,35)(H,31,37)(H,32,38). The second-order valence-corrected chi connectivity index (χ2v) is 9.19. The quantitative estimate of drug-likeness (QED) is 0.300.